The lowest BCUT2D eigenvalue weighted by atomic mass is 10.2. The highest BCUT2D eigenvalue weighted by molar-refractivity contribution is 7.12. The Hall–Kier alpha value is -0.620. The molecule has 1 unspecified atom stereocenters. The van der Waals surface area contributed by atoms with Crippen molar-refractivity contribution >= 4 is 28.8 Å². The molecule has 1 amide bonds. The van der Waals surface area contributed by atoms with Crippen LogP contribution in [0.5, 0.6) is 0 Å². The molecule has 1 aromatic rings. The van der Waals surface area contributed by atoms with Gasteiger partial charge in [-0.25, -0.2) is 0 Å². The van der Waals surface area contributed by atoms with Crippen LogP contribution in [0.25, 0.3) is 0 Å². The van der Waals surface area contributed by atoms with Crippen LogP contribution < -0.4 is 5.32 Å². The second-order valence-corrected chi connectivity index (χ2v) is 6.03. The van der Waals surface area contributed by atoms with Gasteiger partial charge in [-0.3, -0.25) is 9.69 Å². The van der Waals surface area contributed by atoms with Gasteiger partial charge in [0.2, 0.25) is 0 Å². The first kappa shape index (κ1) is 13.8. The second kappa shape index (κ2) is 6.02. The molecule has 2 heterocycles. The number of hydrogen-bond donors (Lipinski definition) is 1. The van der Waals surface area contributed by atoms with Crippen LogP contribution in [0.2, 0.25) is 5.02 Å². The van der Waals surface area contributed by atoms with Gasteiger partial charge in [-0.05, 0) is 25.5 Å². The van der Waals surface area contributed by atoms with Gasteiger partial charge in [-0.1, -0.05) is 11.6 Å². The number of thiophene rings is 1. The molecule has 0 aromatic carbocycles. The van der Waals surface area contributed by atoms with E-state index in [-0.39, 0.29) is 5.91 Å². The number of likely N-dealkylation sites (N-methyl/N-ethyl adjacent to an activating group) is 2. The summed E-state index contributed by atoms with van der Waals surface area (Å²) >= 11 is 7.32. The smallest absolute Gasteiger partial charge is 0.262 e. The Morgan fingerprint density at radius 1 is 1.56 bits per heavy atom. The third kappa shape index (κ3) is 3.23. The Labute approximate surface area is 117 Å². The summed E-state index contributed by atoms with van der Waals surface area (Å²) in [6, 6.07) is 2.12. The Morgan fingerprint density at radius 3 is 3.00 bits per heavy atom. The highest BCUT2D eigenvalue weighted by atomic mass is 35.5. The summed E-state index contributed by atoms with van der Waals surface area (Å²) in [5.41, 5.74) is 0. The van der Waals surface area contributed by atoms with Crippen LogP contribution in [0, 0.1) is 0 Å². The number of carbonyl (C=O) groups is 1. The number of carbonyl (C=O) groups excluding carboxylic acids is 1. The minimum atomic E-state index is -0.0726. The molecule has 4 nitrogen and oxygen atoms in total. The second-order valence-electron chi connectivity index (χ2n) is 4.70. The number of hydrogen-bond acceptors (Lipinski definition) is 4. The highest BCUT2D eigenvalue weighted by Crippen LogP contribution is 2.21. The van der Waals surface area contributed by atoms with Crippen LogP contribution in [0.3, 0.4) is 0 Å². The maximum Gasteiger partial charge on any atom is 0.262 e. The summed E-state index contributed by atoms with van der Waals surface area (Å²) in [7, 11) is 4.21. The van der Waals surface area contributed by atoms with Crippen molar-refractivity contribution in [3.63, 3.8) is 0 Å². The number of amides is 1. The lowest BCUT2D eigenvalue weighted by Gasteiger charge is -2.37. The van der Waals surface area contributed by atoms with E-state index in [1.54, 1.807) is 6.07 Å². The lowest BCUT2D eigenvalue weighted by molar-refractivity contribution is 0.0885. The fourth-order valence-electron chi connectivity index (χ4n) is 2.07. The molecule has 1 aliphatic rings. The van der Waals surface area contributed by atoms with E-state index in [2.05, 4.69) is 29.2 Å². The number of rotatable bonds is 3. The molecule has 2 rings (SSSR count). The summed E-state index contributed by atoms with van der Waals surface area (Å²) in [4.78, 5) is 17.1. The number of halogens is 1. The Kier molecular flexibility index (Phi) is 4.61. The largest absolute Gasteiger partial charge is 0.350 e. The lowest BCUT2D eigenvalue weighted by Crippen LogP contribution is -2.54. The molecule has 0 bridgehead atoms. The van der Waals surface area contributed by atoms with Gasteiger partial charge in [0, 0.05) is 32.2 Å². The van der Waals surface area contributed by atoms with Gasteiger partial charge in [-0.15, -0.1) is 11.3 Å². The van der Waals surface area contributed by atoms with Gasteiger partial charge < -0.3 is 10.2 Å². The van der Waals surface area contributed by atoms with Crippen LogP contribution >= 0.6 is 22.9 Å². The molecule has 1 fully saturated rings. The first-order chi connectivity index (χ1) is 8.58. The zero-order valence-corrected chi connectivity index (χ0v) is 12.2. The van der Waals surface area contributed by atoms with Crippen molar-refractivity contribution in [2.24, 2.45) is 0 Å². The molecule has 0 aliphatic carbocycles. The number of nitrogens with zero attached hydrogens (tertiary/aromatic N) is 2. The first-order valence-electron chi connectivity index (χ1n) is 5.98. The van der Waals surface area contributed by atoms with Crippen LogP contribution in [-0.4, -0.2) is 62.0 Å². The van der Waals surface area contributed by atoms with Crippen LogP contribution in [0.4, 0.5) is 0 Å². The van der Waals surface area contributed by atoms with Crippen molar-refractivity contribution in [1.29, 1.82) is 0 Å². The third-order valence-electron chi connectivity index (χ3n) is 3.30. The molecule has 1 saturated heterocycles. The SMILES string of the molecule is CN1CCN(C)C(CNC(=O)c2sccc2Cl)C1. The van der Waals surface area contributed by atoms with Crippen molar-refractivity contribution in [2.45, 2.75) is 6.04 Å². The first-order valence-corrected chi connectivity index (χ1v) is 7.23. The highest BCUT2D eigenvalue weighted by Gasteiger charge is 2.23. The minimum Gasteiger partial charge on any atom is -0.350 e. The quantitative estimate of drug-likeness (QED) is 0.912. The Bertz CT molecular complexity index is 423. The van der Waals surface area contributed by atoms with E-state index in [4.69, 9.17) is 11.6 Å². The summed E-state index contributed by atoms with van der Waals surface area (Å²) < 4.78 is 0. The van der Waals surface area contributed by atoms with Crippen LogP contribution in [0.15, 0.2) is 11.4 Å². The molecule has 100 valence electrons. The minimum absolute atomic E-state index is 0.0726. The monoisotopic (exact) mass is 287 g/mol. The Balaban J connectivity index is 1.87. The predicted molar refractivity (Wildman–Crippen MR) is 75.6 cm³/mol. The fraction of sp³-hybridized carbons (Fsp3) is 0.583. The van der Waals surface area contributed by atoms with Crippen LogP contribution in [-0.2, 0) is 0 Å². The van der Waals surface area contributed by atoms with E-state index >= 15 is 0 Å². The summed E-state index contributed by atoms with van der Waals surface area (Å²) in [6.07, 6.45) is 0. The summed E-state index contributed by atoms with van der Waals surface area (Å²) in [6.45, 7) is 3.76. The van der Waals surface area contributed by atoms with E-state index in [1.807, 2.05) is 5.38 Å². The summed E-state index contributed by atoms with van der Waals surface area (Å²) in [5, 5.41) is 5.33. The standard InChI is InChI=1S/C12H18ClN3OS/c1-15-4-5-16(2)9(8-15)7-14-12(17)11-10(13)3-6-18-11/h3,6,9H,4-5,7-8H2,1-2H3,(H,14,17). The molecule has 1 aromatic heterocycles. The van der Waals surface area contributed by atoms with Gasteiger partial charge in [-0.2, -0.15) is 0 Å². The van der Waals surface area contributed by atoms with Crippen molar-refractivity contribution < 1.29 is 4.79 Å². The summed E-state index contributed by atoms with van der Waals surface area (Å²) in [5.74, 6) is -0.0726. The molecule has 6 heteroatoms. The third-order valence-corrected chi connectivity index (χ3v) is 4.64. The van der Waals surface area contributed by atoms with Gasteiger partial charge in [0.25, 0.3) is 5.91 Å². The molecule has 1 aliphatic heterocycles. The molecular weight excluding hydrogens is 270 g/mol. The van der Waals surface area contributed by atoms with Gasteiger partial charge >= 0.3 is 0 Å². The van der Waals surface area contributed by atoms with Gasteiger partial charge in [0.05, 0.1) is 5.02 Å². The maximum absolute atomic E-state index is 11.9. The van der Waals surface area contributed by atoms with Crippen molar-refractivity contribution in [2.75, 3.05) is 40.3 Å². The van der Waals surface area contributed by atoms with E-state index in [0.29, 0.717) is 22.5 Å². The van der Waals surface area contributed by atoms with Crippen molar-refractivity contribution in [3.05, 3.63) is 21.3 Å². The maximum atomic E-state index is 11.9. The van der Waals surface area contributed by atoms with Crippen molar-refractivity contribution in [1.82, 2.24) is 15.1 Å². The molecule has 0 saturated carbocycles. The van der Waals surface area contributed by atoms with Crippen molar-refractivity contribution in [3.8, 4) is 0 Å². The molecule has 0 spiro atoms. The molecule has 18 heavy (non-hydrogen) atoms. The predicted octanol–water partition coefficient (Wildman–Crippen LogP) is 1.38. The van der Waals surface area contributed by atoms with Gasteiger partial charge in [0.1, 0.15) is 4.88 Å². The number of nitrogens with one attached hydrogen (secondary N) is 1. The molecule has 0 radical (unpaired) electrons. The van der Waals surface area contributed by atoms with E-state index in [9.17, 15) is 4.79 Å². The van der Waals surface area contributed by atoms with Crippen LogP contribution in [0.1, 0.15) is 9.67 Å². The average molecular weight is 288 g/mol. The molecule has 1 atom stereocenters. The zero-order valence-electron chi connectivity index (χ0n) is 10.6. The van der Waals surface area contributed by atoms with Gasteiger partial charge in [0.15, 0.2) is 0 Å². The molecule has 1 N–H and O–H groups in total. The Morgan fingerprint density at radius 2 is 2.33 bits per heavy atom. The van der Waals surface area contributed by atoms with E-state index in [0.717, 1.165) is 19.6 Å². The van der Waals surface area contributed by atoms with E-state index in [1.165, 1.54) is 11.3 Å². The number of piperazine rings is 1. The fourth-order valence-corrected chi connectivity index (χ4v) is 3.13. The topological polar surface area (TPSA) is 35.6 Å². The normalized spacial score (nSPS) is 22.1. The average Bonchev–Trinajstić information content (AvgIpc) is 2.76. The molecular formula is C12H18ClN3OS. The zero-order chi connectivity index (χ0) is 13.1. The van der Waals surface area contributed by atoms with E-state index < -0.39 is 0 Å².